The molecule has 0 saturated carbocycles. The molecule has 4 nitrogen and oxygen atoms in total. The van der Waals surface area contributed by atoms with E-state index in [1.54, 1.807) is 0 Å². The minimum atomic E-state index is -0.469. The zero-order chi connectivity index (χ0) is 19.7. The third-order valence-corrected chi connectivity index (χ3v) is 5.76. The number of hydrogen-bond acceptors (Lipinski definition) is 4. The maximum absolute atomic E-state index is 11.9. The molecule has 0 spiro atoms. The van der Waals surface area contributed by atoms with Crippen molar-refractivity contribution in [3.05, 3.63) is 64.9 Å². The first-order valence-corrected chi connectivity index (χ1v) is 9.96. The van der Waals surface area contributed by atoms with Gasteiger partial charge in [0.2, 0.25) is 0 Å². The van der Waals surface area contributed by atoms with Gasteiger partial charge in [-0.3, -0.25) is 4.79 Å². The molecule has 1 fully saturated rings. The Morgan fingerprint density at radius 3 is 2.79 bits per heavy atom. The van der Waals surface area contributed by atoms with Gasteiger partial charge in [0.1, 0.15) is 23.2 Å². The van der Waals surface area contributed by atoms with Gasteiger partial charge in [0.25, 0.3) is 0 Å². The first-order valence-electron chi connectivity index (χ1n) is 9.96. The molecule has 3 aromatic rings. The van der Waals surface area contributed by atoms with Crippen LogP contribution in [0.4, 0.5) is 0 Å². The van der Waals surface area contributed by atoms with Crippen molar-refractivity contribution in [1.29, 1.82) is 0 Å². The van der Waals surface area contributed by atoms with Gasteiger partial charge in [-0.25, -0.2) is 0 Å². The van der Waals surface area contributed by atoms with Crippen molar-refractivity contribution in [3.8, 4) is 5.75 Å². The van der Waals surface area contributed by atoms with Crippen LogP contribution < -0.4 is 10.1 Å². The van der Waals surface area contributed by atoms with Gasteiger partial charge < -0.3 is 14.5 Å². The Labute approximate surface area is 165 Å². The number of aryl methyl sites for hydroxylation is 1. The van der Waals surface area contributed by atoms with Crippen LogP contribution in [0.25, 0.3) is 11.0 Å². The second kappa shape index (κ2) is 7.44. The molecule has 2 aromatic carbocycles. The molecule has 2 heterocycles. The third kappa shape index (κ3) is 3.33. The lowest BCUT2D eigenvalue weighted by Gasteiger charge is -2.28. The number of aldehydes is 1. The smallest absolute Gasteiger partial charge is 0.154 e. The molecule has 4 heteroatoms. The molecule has 0 aliphatic carbocycles. The lowest BCUT2D eigenvalue weighted by Crippen LogP contribution is -2.37. The Balaban J connectivity index is 1.74. The van der Waals surface area contributed by atoms with Crippen molar-refractivity contribution in [2.75, 3.05) is 13.1 Å². The van der Waals surface area contributed by atoms with E-state index >= 15 is 0 Å². The fourth-order valence-electron chi connectivity index (χ4n) is 4.23. The van der Waals surface area contributed by atoms with E-state index < -0.39 is 5.41 Å². The second-order valence-corrected chi connectivity index (χ2v) is 8.15. The number of nitrogens with one attached hydrogen (secondary N) is 1. The van der Waals surface area contributed by atoms with Crippen LogP contribution in [-0.4, -0.2) is 25.5 Å². The molecule has 28 heavy (non-hydrogen) atoms. The summed E-state index contributed by atoms with van der Waals surface area (Å²) >= 11 is 0. The van der Waals surface area contributed by atoms with E-state index in [2.05, 4.69) is 38.2 Å². The highest BCUT2D eigenvalue weighted by Crippen LogP contribution is 2.40. The van der Waals surface area contributed by atoms with Crippen molar-refractivity contribution in [3.63, 3.8) is 0 Å². The summed E-state index contributed by atoms with van der Waals surface area (Å²) < 4.78 is 12.4. The van der Waals surface area contributed by atoms with Crippen molar-refractivity contribution < 1.29 is 13.9 Å². The summed E-state index contributed by atoms with van der Waals surface area (Å²) in [7, 11) is 0. The van der Waals surface area contributed by atoms with E-state index in [1.165, 1.54) is 0 Å². The maximum Gasteiger partial charge on any atom is 0.154 e. The predicted molar refractivity (Wildman–Crippen MR) is 111 cm³/mol. The van der Waals surface area contributed by atoms with Crippen LogP contribution in [0.15, 0.2) is 46.9 Å². The van der Waals surface area contributed by atoms with E-state index in [0.717, 1.165) is 60.1 Å². The first-order chi connectivity index (χ1) is 13.5. The Morgan fingerprint density at radius 2 is 2.04 bits per heavy atom. The number of piperidine rings is 1. The largest absolute Gasteiger partial charge is 0.489 e. The highest BCUT2D eigenvalue weighted by atomic mass is 16.5. The van der Waals surface area contributed by atoms with Crippen LogP contribution >= 0.6 is 0 Å². The van der Waals surface area contributed by atoms with Gasteiger partial charge in [-0.1, -0.05) is 24.3 Å². The number of rotatable bonds is 5. The fraction of sp³-hybridized carbons (Fsp3) is 0.375. The molecule has 0 radical (unpaired) electrons. The zero-order valence-electron chi connectivity index (χ0n) is 16.7. The van der Waals surface area contributed by atoms with E-state index in [1.807, 2.05) is 30.3 Å². The van der Waals surface area contributed by atoms with Gasteiger partial charge in [0.15, 0.2) is 6.29 Å². The molecule has 146 valence electrons. The van der Waals surface area contributed by atoms with Crippen LogP contribution in [0.3, 0.4) is 0 Å². The third-order valence-electron chi connectivity index (χ3n) is 5.76. The van der Waals surface area contributed by atoms with Gasteiger partial charge in [0, 0.05) is 17.3 Å². The van der Waals surface area contributed by atoms with Crippen molar-refractivity contribution in [2.45, 2.75) is 45.1 Å². The SMILES string of the molecule is Cc1ccc(OC2CCCNC2)cc1C(C)(C)c1oc2ccccc2c1C=O. The van der Waals surface area contributed by atoms with Crippen LogP contribution in [0.1, 0.15) is 53.9 Å². The summed E-state index contributed by atoms with van der Waals surface area (Å²) in [5.41, 5.74) is 3.16. The summed E-state index contributed by atoms with van der Waals surface area (Å²) in [5, 5.41) is 4.25. The molecule has 1 saturated heterocycles. The van der Waals surface area contributed by atoms with Gasteiger partial charge in [0.05, 0.1) is 5.56 Å². The lowest BCUT2D eigenvalue weighted by atomic mass is 9.78. The summed E-state index contributed by atoms with van der Waals surface area (Å²) in [4.78, 5) is 11.9. The molecule has 1 atom stereocenters. The van der Waals surface area contributed by atoms with Crippen molar-refractivity contribution in [2.24, 2.45) is 0 Å². The molecular formula is C24H27NO3. The molecule has 1 N–H and O–H groups in total. The number of carbonyl (C=O) groups is 1. The molecule has 4 rings (SSSR count). The quantitative estimate of drug-likeness (QED) is 0.635. The Kier molecular flexibility index (Phi) is 4.98. The van der Waals surface area contributed by atoms with Crippen LogP contribution in [0, 0.1) is 6.92 Å². The highest BCUT2D eigenvalue weighted by molar-refractivity contribution is 5.98. The number of hydrogen-bond donors (Lipinski definition) is 1. The highest BCUT2D eigenvalue weighted by Gasteiger charge is 2.33. The van der Waals surface area contributed by atoms with Crippen LogP contribution in [0.5, 0.6) is 5.75 Å². The minimum absolute atomic E-state index is 0.198. The van der Waals surface area contributed by atoms with Gasteiger partial charge >= 0.3 is 0 Å². The topological polar surface area (TPSA) is 51.5 Å². The average molecular weight is 377 g/mol. The summed E-state index contributed by atoms with van der Waals surface area (Å²) in [6.45, 7) is 8.24. The Bertz CT molecular complexity index is 996. The number of fused-ring (bicyclic) bond motifs is 1. The van der Waals surface area contributed by atoms with Crippen molar-refractivity contribution in [1.82, 2.24) is 5.32 Å². The van der Waals surface area contributed by atoms with Crippen molar-refractivity contribution >= 4 is 17.3 Å². The summed E-state index contributed by atoms with van der Waals surface area (Å²) in [6, 6.07) is 13.9. The molecule has 0 amide bonds. The zero-order valence-corrected chi connectivity index (χ0v) is 16.7. The maximum atomic E-state index is 11.9. The van der Waals surface area contributed by atoms with Gasteiger partial charge in [-0.15, -0.1) is 0 Å². The predicted octanol–water partition coefficient (Wildman–Crippen LogP) is 5.01. The van der Waals surface area contributed by atoms with Crippen LogP contribution in [-0.2, 0) is 5.41 Å². The number of furan rings is 1. The summed E-state index contributed by atoms with van der Waals surface area (Å²) in [6.07, 6.45) is 3.31. The molecule has 1 unspecified atom stereocenters. The number of para-hydroxylation sites is 1. The molecule has 0 bridgehead atoms. The molecule has 1 aliphatic heterocycles. The number of ether oxygens (including phenoxy) is 1. The standard InChI is InChI=1S/C24H27NO3/c1-16-10-11-17(27-18-7-6-12-25-14-18)13-21(16)24(2,3)23-20(15-26)19-8-4-5-9-22(19)28-23/h4-5,8-11,13,15,18,25H,6-7,12,14H2,1-3H3. The first kappa shape index (κ1) is 18.8. The van der Waals surface area contributed by atoms with E-state index in [9.17, 15) is 4.79 Å². The normalized spacial score (nSPS) is 17.6. The average Bonchev–Trinajstić information content (AvgIpc) is 3.10. The van der Waals surface area contributed by atoms with Gasteiger partial charge in [-0.05, 0) is 69.5 Å². The van der Waals surface area contributed by atoms with E-state index in [4.69, 9.17) is 9.15 Å². The van der Waals surface area contributed by atoms with E-state index in [0.29, 0.717) is 11.3 Å². The Morgan fingerprint density at radius 1 is 1.21 bits per heavy atom. The molecule has 1 aliphatic rings. The number of benzene rings is 2. The molecule has 1 aromatic heterocycles. The fourth-order valence-corrected chi connectivity index (χ4v) is 4.23. The Hall–Kier alpha value is -2.59. The monoisotopic (exact) mass is 377 g/mol. The van der Waals surface area contributed by atoms with E-state index in [-0.39, 0.29) is 6.10 Å². The van der Waals surface area contributed by atoms with Gasteiger partial charge in [-0.2, -0.15) is 0 Å². The number of carbonyl (C=O) groups excluding carboxylic acids is 1. The molecular weight excluding hydrogens is 350 g/mol. The second-order valence-electron chi connectivity index (χ2n) is 8.15. The lowest BCUT2D eigenvalue weighted by molar-refractivity contribution is 0.112. The van der Waals surface area contributed by atoms with Crippen LogP contribution in [0.2, 0.25) is 0 Å². The summed E-state index contributed by atoms with van der Waals surface area (Å²) in [5.74, 6) is 1.56. The minimum Gasteiger partial charge on any atom is -0.489 e.